The molecular formula is C22H21N5. The predicted molar refractivity (Wildman–Crippen MR) is 108 cm³/mol. The Hall–Kier alpha value is -3.21. The maximum Gasteiger partial charge on any atom is 0.162 e. The van der Waals surface area contributed by atoms with E-state index in [9.17, 15) is 0 Å². The molecule has 5 heteroatoms. The van der Waals surface area contributed by atoms with Gasteiger partial charge in [-0.15, -0.1) is 0 Å². The smallest absolute Gasteiger partial charge is 0.162 e. The molecule has 0 N–H and O–H groups in total. The molecule has 0 bridgehead atoms. The van der Waals surface area contributed by atoms with Crippen molar-refractivity contribution in [1.82, 2.24) is 19.5 Å². The van der Waals surface area contributed by atoms with E-state index in [1.807, 2.05) is 43.0 Å². The van der Waals surface area contributed by atoms with Crippen molar-refractivity contribution in [1.29, 1.82) is 0 Å². The van der Waals surface area contributed by atoms with Crippen LogP contribution >= 0.6 is 0 Å². The maximum atomic E-state index is 5.02. The Labute approximate surface area is 158 Å². The molecule has 1 saturated heterocycles. The molecule has 1 aliphatic rings. The second-order valence-electron chi connectivity index (χ2n) is 7.00. The highest BCUT2D eigenvalue weighted by molar-refractivity contribution is 5.91. The number of nitrogens with zero attached hydrogens (tertiary/aromatic N) is 5. The Morgan fingerprint density at radius 1 is 0.963 bits per heavy atom. The second-order valence-corrected chi connectivity index (χ2v) is 7.00. The van der Waals surface area contributed by atoms with Crippen LogP contribution in [-0.2, 0) is 6.54 Å². The molecule has 1 atom stereocenters. The molecule has 27 heavy (non-hydrogen) atoms. The van der Waals surface area contributed by atoms with Crippen molar-refractivity contribution in [2.24, 2.45) is 0 Å². The zero-order valence-electron chi connectivity index (χ0n) is 15.1. The predicted octanol–water partition coefficient (Wildman–Crippen LogP) is 4.16. The first-order valence-electron chi connectivity index (χ1n) is 9.43. The van der Waals surface area contributed by atoms with Crippen LogP contribution in [0.15, 0.2) is 73.3 Å². The number of anilines is 1. The molecule has 2 aromatic heterocycles. The summed E-state index contributed by atoms with van der Waals surface area (Å²) in [4.78, 5) is 16.5. The fourth-order valence-corrected chi connectivity index (χ4v) is 3.94. The number of para-hydroxylation sites is 1. The normalized spacial score (nSPS) is 16.9. The minimum Gasteiger partial charge on any atom is -0.351 e. The number of hydrogen-bond acceptors (Lipinski definition) is 4. The molecule has 2 aromatic carbocycles. The molecule has 0 spiro atoms. The summed E-state index contributed by atoms with van der Waals surface area (Å²) in [5, 5.41) is 1.12. The van der Waals surface area contributed by atoms with Crippen molar-refractivity contribution in [3.8, 4) is 11.4 Å². The number of benzene rings is 2. The van der Waals surface area contributed by atoms with Gasteiger partial charge in [-0.1, -0.05) is 42.5 Å². The summed E-state index contributed by atoms with van der Waals surface area (Å²) in [6.07, 6.45) is 8.11. The lowest BCUT2D eigenvalue weighted by atomic mass is 10.1. The third-order valence-electron chi connectivity index (χ3n) is 5.25. The molecule has 5 nitrogen and oxygen atoms in total. The van der Waals surface area contributed by atoms with E-state index in [0.29, 0.717) is 6.04 Å². The highest BCUT2D eigenvalue weighted by atomic mass is 15.3. The standard InChI is InChI=1S/C22H21N5/c1-2-7-17(8-3-1)21-24-20-11-5-4-10-19(20)22(25-21)27-13-6-9-18(27)15-26-14-12-23-16-26/h1-5,7-8,10-12,14,16,18H,6,9,13,15H2. The molecule has 0 aliphatic carbocycles. The average Bonchev–Trinajstić information content (AvgIpc) is 3.40. The summed E-state index contributed by atoms with van der Waals surface area (Å²) in [5.41, 5.74) is 2.05. The van der Waals surface area contributed by atoms with Crippen LogP contribution in [0.2, 0.25) is 0 Å². The van der Waals surface area contributed by atoms with Gasteiger partial charge in [0, 0.05) is 42.5 Å². The number of imidazole rings is 1. The molecule has 1 aliphatic heterocycles. The van der Waals surface area contributed by atoms with Crippen molar-refractivity contribution < 1.29 is 0 Å². The first-order valence-corrected chi connectivity index (χ1v) is 9.43. The van der Waals surface area contributed by atoms with Crippen LogP contribution in [0.3, 0.4) is 0 Å². The van der Waals surface area contributed by atoms with Crippen molar-refractivity contribution >= 4 is 16.7 Å². The molecule has 1 fully saturated rings. The van der Waals surface area contributed by atoms with Crippen molar-refractivity contribution in [3.05, 3.63) is 73.3 Å². The Bertz CT molecular complexity index is 1040. The average molecular weight is 355 g/mol. The molecule has 3 heterocycles. The third kappa shape index (κ3) is 3.05. The van der Waals surface area contributed by atoms with E-state index in [1.54, 1.807) is 0 Å². The lowest BCUT2D eigenvalue weighted by molar-refractivity contribution is 0.548. The summed E-state index contributed by atoms with van der Waals surface area (Å²) >= 11 is 0. The third-order valence-corrected chi connectivity index (χ3v) is 5.25. The van der Waals surface area contributed by atoms with E-state index in [2.05, 4.69) is 44.8 Å². The van der Waals surface area contributed by atoms with Gasteiger partial charge in [0.15, 0.2) is 5.82 Å². The number of fused-ring (bicyclic) bond motifs is 1. The van der Waals surface area contributed by atoms with E-state index in [0.717, 1.165) is 47.6 Å². The van der Waals surface area contributed by atoms with Crippen LogP contribution in [0.4, 0.5) is 5.82 Å². The van der Waals surface area contributed by atoms with Gasteiger partial charge in [0.2, 0.25) is 0 Å². The Morgan fingerprint density at radius 2 is 1.81 bits per heavy atom. The minimum atomic E-state index is 0.418. The zero-order valence-corrected chi connectivity index (χ0v) is 15.1. The van der Waals surface area contributed by atoms with E-state index in [-0.39, 0.29) is 0 Å². The van der Waals surface area contributed by atoms with E-state index >= 15 is 0 Å². The number of hydrogen-bond donors (Lipinski definition) is 0. The van der Waals surface area contributed by atoms with Crippen molar-refractivity contribution in [2.75, 3.05) is 11.4 Å². The van der Waals surface area contributed by atoms with Gasteiger partial charge in [0.25, 0.3) is 0 Å². The first-order chi connectivity index (χ1) is 13.4. The number of aromatic nitrogens is 4. The summed E-state index contributed by atoms with van der Waals surface area (Å²) < 4.78 is 2.16. The fraction of sp³-hybridized carbons (Fsp3) is 0.227. The SMILES string of the molecule is c1ccc(-c2nc(N3CCCC3Cn3ccnc3)c3ccccc3n2)cc1. The lowest BCUT2D eigenvalue weighted by Gasteiger charge is -2.27. The molecule has 1 unspecified atom stereocenters. The van der Waals surface area contributed by atoms with Crippen molar-refractivity contribution in [2.45, 2.75) is 25.4 Å². The van der Waals surface area contributed by atoms with Gasteiger partial charge in [-0.05, 0) is 25.0 Å². The minimum absolute atomic E-state index is 0.418. The Morgan fingerprint density at radius 3 is 2.67 bits per heavy atom. The van der Waals surface area contributed by atoms with Crippen LogP contribution in [0.5, 0.6) is 0 Å². The van der Waals surface area contributed by atoms with Crippen molar-refractivity contribution in [3.63, 3.8) is 0 Å². The molecular weight excluding hydrogens is 334 g/mol. The number of rotatable bonds is 4. The molecule has 134 valence electrons. The van der Waals surface area contributed by atoms with Gasteiger partial charge in [-0.3, -0.25) is 0 Å². The molecule has 0 amide bonds. The largest absolute Gasteiger partial charge is 0.351 e. The van der Waals surface area contributed by atoms with Gasteiger partial charge < -0.3 is 9.47 Å². The monoisotopic (exact) mass is 355 g/mol. The van der Waals surface area contributed by atoms with Gasteiger partial charge >= 0.3 is 0 Å². The van der Waals surface area contributed by atoms with Crippen LogP contribution in [-0.4, -0.2) is 32.1 Å². The molecule has 5 rings (SSSR count). The maximum absolute atomic E-state index is 5.02. The molecule has 0 radical (unpaired) electrons. The van der Waals surface area contributed by atoms with Crippen LogP contribution in [0, 0.1) is 0 Å². The lowest BCUT2D eigenvalue weighted by Crippen LogP contribution is -2.33. The van der Waals surface area contributed by atoms with E-state index < -0.39 is 0 Å². The summed E-state index contributed by atoms with van der Waals surface area (Å²) in [5.74, 6) is 1.83. The second kappa shape index (κ2) is 6.83. The highest BCUT2D eigenvalue weighted by Crippen LogP contribution is 2.32. The molecule has 0 saturated carbocycles. The van der Waals surface area contributed by atoms with Gasteiger partial charge in [-0.2, -0.15) is 0 Å². The highest BCUT2D eigenvalue weighted by Gasteiger charge is 2.28. The van der Waals surface area contributed by atoms with Crippen LogP contribution in [0.1, 0.15) is 12.8 Å². The van der Waals surface area contributed by atoms with Crippen LogP contribution in [0.25, 0.3) is 22.3 Å². The van der Waals surface area contributed by atoms with Gasteiger partial charge in [0.05, 0.1) is 11.8 Å². The summed E-state index contributed by atoms with van der Waals surface area (Å²) in [6.45, 7) is 1.95. The summed E-state index contributed by atoms with van der Waals surface area (Å²) in [6, 6.07) is 19.0. The van der Waals surface area contributed by atoms with E-state index in [4.69, 9.17) is 9.97 Å². The zero-order chi connectivity index (χ0) is 18.1. The molecule has 4 aromatic rings. The Balaban J connectivity index is 1.60. The van der Waals surface area contributed by atoms with Gasteiger partial charge in [-0.25, -0.2) is 15.0 Å². The Kier molecular flexibility index (Phi) is 4.05. The van der Waals surface area contributed by atoms with Gasteiger partial charge in [0.1, 0.15) is 5.82 Å². The van der Waals surface area contributed by atoms with E-state index in [1.165, 1.54) is 6.42 Å². The fourth-order valence-electron chi connectivity index (χ4n) is 3.94. The topological polar surface area (TPSA) is 46.8 Å². The quantitative estimate of drug-likeness (QED) is 0.551. The summed E-state index contributed by atoms with van der Waals surface area (Å²) in [7, 11) is 0. The first kappa shape index (κ1) is 16.0. The van der Waals surface area contributed by atoms with Crippen LogP contribution < -0.4 is 4.90 Å².